The smallest absolute Gasteiger partial charge is 0.338 e. The molecule has 0 aromatic heterocycles. The standard InChI is InChI=1S/C17H15BrO3/c1-11-3-5-13(6-4-11)16(19)12(2)21-17(20)14-7-9-15(18)10-8-14/h3-10,12H,1-2H3. The van der Waals surface area contributed by atoms with Gasteiger partial charge >= 0.3 is 5.97 Å². The molecule has 0 saturated carbocycles. The Bertz CT molecular complexity index is 645. The molecule has 0 fully saturated rings. The molecule has 2 aromatic rings. The van der Waals surface area contributed by atoms with E-state index in [9.17, 15) is 9.59 Å². The Labute approximate surface area is 132 Å². The van der Waals surface area contributed by atoms with E-state index in [1.807, 2.05) is 19.1 Å². The van der Waals surface area contributed by atoms with Crippen molar-refractivity contribution < 1.29 is 14.3 Å². The Kier molecular flexibility index (Phi) is 4.91. The zero-order valence-electron chi connectivity index (χ0n) is 11.8. The van der Waals surface area contributed by atoms with E-state index < -0.39 is 12.1 Å². The quantitative estimate of drug-likeness (QED) is 0.615. The summed E-state index contributed by atoms with van der Waals surface area (Å²) in [5, 5.41) is 0. The van der Waals surface area contributed by atoms with E-state index in [1.54, 1.807) is 43.3 Å². The lowest BCUT2D eigenvalue weighted by Crippen LogP contribution is -2.24. The van der Waals surface area contributed by atoms with Gasteiger partial charge in [0.05, 0.1) is 5.56 Å². The second-order valence-corrected chi connectivity index (χ2v) is 5.70. The number of carbonyl (C=O) groups excluding carboxylic acids is 2. The van der Waals surface area contributed by atoms with E-state index in [-0.39, 0.29) is 5.78 Å². The van der Waals surface area contributed by atoms with Crippen LogP contribution in [-0.4, -0.2) is 17.9 Å². The van der Waals surface area contributed by atoms with E-state index in [1.165, 1.54) is 0 Å². The van der Waals surface area contributed by atoms with Crippen LogP contribution in [0, 0.1) is 6.92 Å². The molecule has 1 atom stereocenters. The molecule has 21 heavy (non-hydrogen) atoms. The van der Waals surface area contributed by atoms with E-state index in [0.29, 0.717) is 11.1 Å². The number of halogens is 1. The molecule has 3 nitrogen and oxygen atoms in total. The van der Waals surface area contributed by atoms with Gasteiger partial charge in [-0.2, -0.15) is 0 Å². The number of esters is 1. The highest BCUT2D eigenvalue weighted by Gasteiger charge is 2.20. The average molecular weight is 347 g/mol. The van der Waals surface area contributed by atoms with Gasteiger partial charge < -0.3 is 4.74 Å². The van der Waals surface area contributed by atoms with Gasteiger partial charge in [0.25, 0.3) is 0 Å². The molecule has 2 aromatic carbocycles. The number of ketones is 1. The van der Waals surface area contributed by atoms with Gasteiger partial charge in [0.15, 0.2) is 6.10 Å². The number of carbonyl (C=O) groups is 2. The molecule has 0 bridgehead atoms. The molecule has 0 spiro atoms. The molecule has 4 heteroatoms. The Balaban J connectivity index is 2.05. The summed E-state index contributed by atoms with van der Waals surface area (Å²) in [6, 6.07) is 14.0. The van der Waals surface area contributed by atoms with Crippen molar-refractivity contribution in [1.82, 2.24) is 0 Å². The summed E-state index contributed by atoms with van der Waals surface area (Å²) in [6.45, 7) is 3.53. The highest BCUT2D eigenvalue weighted by molar-refractivity contribution is 9.10. The fourth-order valence-electron chi connectivity index (χ4n) is 1.82. The lowest BCUT2D eigenvalue weighted by Gasteiger charge is -2.12. The number of aryl methyl sites for hydroxylation is 1. The highest BCUT2D eigenvalue weighted by Crippen LogP contribution is 2.14. The van der Waals surface area contributed by atoms with E-state index in [4.69, 9.17) is 4.74 Å². The zero-order chi connectivity index (χ0) is 15.4. The van der Waals surface area contributed by atoms with Crippen LogP contribution in [0.4, 0.5) is 0 Å². The molecule has 0 amide bonds. The van der Waals surface area contributed by atoms with Crippen molar-refractivity contribution in [2.24, 2.45) is 0 Å². The minimum absolute atomic E-state index is 0.208. The maximum absolute atomic E-state index is 12.2. The minimum Gasteiger partial charge on any atom is -0.451 e. The largest absolute Gasteiger partial charge is 0.451 e. The first kappa shape index (κ1) is 15.4. The maximum atomic E-state index is 12.2. The van der Waals surface area contributed by atoms with Crippen molar-refractivity contribution in [2.75, 3.05) is 0 Å². The van der Waals surface area contributed by atoms with Crippen molar-refractivity contribution in [3.63, 3.8) is 0 Å². The third-order valence-electron chi connectivity index (χ3n) is 3.07. The van der Waals surface area contributed by atoms with Gasteiger partial charge in [-0.1, -0.05) is 45.8 Å². The number of rotatable bonds is 4. The lowest BCUT2D eigenvalue weighted by atomic mass is 10.1. The van der Waals surface area contributed by atoms with Crippen LogP contribution >= 0.6 is 15.9 Å². The normalized spacial score (nSPS) is 11.8. The minimum atomic E-state index is -0.816. The third-order valence-corrected chi connectivity index (χ3v) is 3.60. The predicted molar refractivity (Wildman–Crippen MR) is 84.5 cm³/mol. The van der Waals surface area contributed by atoms with Gasteiger partial charge in [0, 0.05) is 10.0 Å². The Morgan fingerprint density at radius 2 is 1.48 bits per heavy atom. The van der Waals surface area contributed by atoms with Crippen LogP contribution in [0.1, 0.15) is 33.2 Å². The summed E-state index contributed by atoms with van der Waals surface area (Å²) in [5.41, 5.74) is 2.03. The first-order valence-electron chi connectivity index (χ1n) is 6.55. The number of benzene rings is 2. The van der Waals surface area contributed by atoms with Gasteiger partial charge in [-0.15, -0.1) is 0 Å². The second-order valence-electron chi connectivity index (χ2n) is 4.78. The molecular formula is C17H15BrO3. The average Bonchev–Trinajstić information content (AvgIpc) is 2.47. The molecule has 0 saturated heterocycles. The van der Waals surface area contributed by atoms with Crippen LogP contribution in [0.25, 0.3) is 0 Å². The van der Waals surface area contributed by atoms with Crippen LogP contribution in [-0.2, 0) is 4.74 Å². The van der Waals surface area contributed by atoms with Gasteiger partial charge in [0.1, 0.15) is 0 Å². The van der Waals surface area contributed by atoms with Gasteiger partial charge in [-0.05, 0) is 38.1 Å². The summed E-state index contributed by atoms with van der Waals surface area (Å²) in [5.74, 6) is -0.712. The number of hydrogen-bond donors (Lipinski definition) is 0. The molecule has 0 aliphatic carbocycles. The zero-order valence-corrected chi connectivity index (χ0v) is 13.4. The van der Waals surface area contributed by atoms with E-state index in [2.05, 4.69) is 15.9 Å². The van der Waals surface area contributed by atoms with Gasteiger partial charge in [-0.25, -0.2) is 4.79 Å². The molecule has 0 radical (unpaired) electrons. The predicted octanol–water partition coefficient (Wildman–Crippen LogP) is 4.19. The number of Topliss-reactive ketones (excluding diaryl/α,β-unsaturated/α-hetero) is 1. The molecule has 0 heterocycles. The van der Waals surface area contributed by atoms with Crippen molar-refractivity contribution in [3.05, 3.63) is 69.7 Å². The number of hydrogen-bond acceptors (Lipinski definition) is 3. The molecule has 2 rings (SSSR count). The van der Waals surface area contributed by atoms with Gasteiger partial charge in [-0.3, -0.25) is 4.79 Å². The lowest BCUT2D eigenvalue weighted by molar-refractivity contribution is 0.0319. The monoisotopic (exact) mass is 346 g/mol. The van der Waals surface area contributed by atoms with Crippen LogP contribution in [0.2, 0.25) is 0 Å². The molecule has 0 aliphatic rings. The SMILES string of the molecule is Cc1ccc(C(=O)C(C)OC(=O)c2ccc(Br)cc2)cc1. The first-order chi connectivity index (χ1) is 9.97. The molecule has 0 N–H and O–H groups in total. The van der Waals surface area contributed by atoms with Crippen LogP contribution < -0.4 is 0 Å². The van der Waals surface area contributed by atoms with Crippen molar-refractivity contribution in [1.29, 1.82) is 0 Å². The first-order valence-corrected chi connectivity index (χ1v) is 7.34. The van der Waals surface area contributed by atoms with E-state index >= 15 is 0 Å². The number of ether oxygens (including phenoxy) is 1. The Morgan fingerprint density at radius 1 is 0.952 bits per heavy atom. The summed E-state index contributed by atoms with van der Waals surface area (Å²) in [4.78, 5) is 24.2. The fourth-order valence-corrected chi connectivity index (χ4v) is 2.08. The highest BCUT2D eigenvalue weighted by atomic mass is 79.9. The molecule has 1 unspecified atom stereocenters. The van der Waals surface area contributed by atoms with Crippen molar-refractivity contribution in [3.8, 4) is 0 Å². The second kappa shape index (κ2) is 6.68. The van der Waals surface area contributed by atoms with E-state index in [0.717, 1.165) is 10.0 Å². The van der Waals surface area contributed by atoms with Crippen LogP contribution in [0.5, 0.6) is 0 Å². The van der Waals surface area contributed by atoms with Crippen molar-refractivity contribution in [2.45, 2.75) is 20.0 Å². The summed E-state index contributed by atoms with van der Waals surface area (Å²) < 4.78 is 6.10. The maximum Gasteiger partial charge on any atom is 0.338 e. The van der Waals surface area contributed by atoms with Crippen LogP contribution in [0.15, 0.2) is 53.0 Å². The molecular weight excluding hydrogens is 332 g/mol. The summed E-state index contributed by atoms with van der Waals surface area (Å²) in [6.07, 6.45) is -0.816. The fraction of sp³-hybridized carbons (Fsp3) is 0.176. The molecule has 0 aliphatic heterocycles. The summed E-state index contributed by atoms with van der Waals surface area (Å²) in [7, 11) is 0. The van der Waals surface area contributed by atoms with Gasteiger partial charge in [0.2, 0.25) is 5.78 Å². The van der Waals surface area contributed by atoms with Crippen molar-refractivity contribution >= 4 is 27.7 Å². The van der Waals surface area contributed by atoms with Crippen LogP contribution in [0.3, 0.4) is 0 Å². The summed E-state index contributed by atoms with van der Waals surface area (Å²) >= 11 is 3.30. The molecule has 108 valence electrons. The Morgan fingerprint density at radius 3 is 2.05 bits per heavy atom. The Hall–Kier alpha value is -1.94. The third kappa shape index (κ3) is 4.02. The topological polar surface area (TPSA) is 43.4 Å².